The van der Waals surface area contributed by atoms with Crippen LogP contribution in [-0.2, 0) is 54.5 Å². The summed E-state index contributed by atoms with van der Waals surface area (Å²) in [4.78, 5) is 26.8. The molecule has 13 aromatic rings. The molecule has 0 bridgehead atoms. The van der Waals surface area contributed by atoms with Gasteiger partial charge in [0.1, 0.15) is 46.0 Å². The molecule has 3 nitrogen and oxygen atoms in total. The van der Waals surface area contributed by atoms with Crippen LogP contribution in [0.15, 0.2) is 352 Å². The molecule has 522 valence electrons. The van der Waals surface area contributed by atoms with Crippen LogP contribution in [0.4, 0.5) is 0 Å². The maximum absolute atomic E-state index is 11.9. The van der Waals surface area contributed by atoms with E-state index in [0.717, 1.165) is 22.4 Å². The highest BCUT2D eigenvalue weighted by Crippen LogP contribution is 2.48. The molecular formula is C93H96O3S7+6. The fourth-order valence-electron chi connectivity index (χ4n) is 13.6. The largest absolute Gasteiger partial charge is 0.508 e. The van der Waals surface area contributed by atoms with Gasteiger partial charge in [-0.15, -0.1) is 0 Å². The minimum absolute atomic E-state index is 0.0594. The van der Waals surface area contributed by atoms with Crippen molar-refractivity contribution in [3.8, 4) is 16.4 Å². The second-order valence-corrected chi connectivity index (χ2v) is 40.3. The predicted octanol–water partition coefficient (Wildman–Crippen LogP) is 24.8. The first-order valence-electron chi connectivity index (χ1n) is 36.3. The quantitative estimate of drug-likeness (QED) is 0.0841. The van der Waals surface area contributed by atoms with Gasteiger partial charge < -0.3 is 10.2 Å². The number of ketones is 1. The number of benzene rings is 12. The van der Waals surface area contributed by atoms with Gasteiger partial charge >= 0.3 is 0 Å². The van der Waals surface area contributed by atoms with Crippen molar-refractivity contribution in [3.05, 3.63) is 331 Å². The van der Waals surface area contributed by atoms with Crippen molar-refractivity contribution >= 4 is 103 Å². The van der Waals surface area contributed by atoms with Crippen LogP contribution in [0.1, 0.15) is 90.4 Å². The van der Waals surface area contributed by atoms with E-state index >= 15 is 0 Å². The van der Waals surface area contributed by atoms with Crippen molar-refractivity contribution in [2.45, 2.75) is 134 Å². The summed E-state index contributed by atoms with van der Waals surface area (Å²) in [5.41, 5.74) is 5.50. The van der Waals surface area contributed by atoms with E-state index in [0.29, 0.717) is 50.0 Å². The normalized spacial score (nSPS) is 14.1. The molecule has 0 radical (unpaired) electrons. The van der Waals surface area contributed by atoms with Gasteiger partial charge in [-0.1, -0.05) is 157 Å². The first kappa shape index (κ1) is 74.9. The Hall–Kier alpha value is -7.77. The summed E-state index contributed by atoms with van der Waals surface area (Å²) in [5, 5.41) is 22.0. The Morgan fingerprint density at radius 1 is 0.350 bits per heavy atom. The number of carbonyl (C=O) groups excluding carboxylic acids is 1. The van der Waals surface area contributed by atoms with Crippen molar-refractivity contribution < 1.29 is 15.0 Å². The first-order chi connectivity index (χ1) is 50.5. The number of phenols is 2. The highest BCUT2D eigenvalue weighted by atomic mass is 32.2. The molecule has 3 aliphatic rings. The fraction of sp³-hybridized carbons (Fsp3) is 0.215. The van der Waals surface area contributed by atoms with E-state index in [9.17, 15) is 15.0 Å². The van der Waals surface area contributed by atoms with Crippen LogP contribution < -0.4 is 0 Å². The summed E-state index contributed by atoms with van der Waals surface area (Å²) in [7, 11) is 1.09. The van der Waals surface area contributed by atoms with E-state index in [2.05, 4.69) is 275 Å². The van der Waals surface area contributed by atoms with Crippen LogP contribution in [-0.4, -0.2) is 56.3 Å². The van der Waals surface area contributed by atoms with Crippen LogP contribution in [0, 0.1) is 27.7 Å². The number of hydrogen-bond acceptors (Lipinski definition) is 4. The van der Waals surface area contributed by atoms with E-state index < -0.39 is 0 Å². The molecular weight excluding hydrogens is 1390 g/mol. The number of carbonyl (C=O) groups is 1. The van der Waals surface area contributed by atoms with Crippen molar-refractivity contribution in [1.29, 1.82) is 0 Å². The number of fused-ring (bicyclic) bond motifs is 3. The average Bonchev–Trinajstić information content (AvgIpc) is 1.62. The van der Waals surface area contributed by atoms with Crippen molar-refractivity contribution in [3.63, 3.8) is 0 Å². The molecule has 10 heteroatoms. The molecule has 0 atom stereocenters. The van der Waals surface area contributed by atoms with Crippen LogP contribution in [0.3, 0.4) is 0 Å². The topological polar surface area (TPSA) is 57.5 Å². The van der Waals surface area contributed by atoms with E-state index in [4.69, 9.17) is 0 Å². The Morgan fingerprint density at radius 2 is 0.689 bits per heavy atom. The van der Waals surface area contributed by atoms with Crippen LogP contribution in [0.2, 0.25) is 0 Å². The third-order valence-electron chi connectivity index (χ3n) is 18.6. The van der Waals surface area contributed by atoms with Gasteiger partial charge in [0.2, 0.25) is 5.78 Å². The molecule has 3 fully saturated rings. The summed E-state index contributed by atoms with van der Waals surface area (Å²) in [6.45, 7) is 8.26. The minimum atomic E-state index is -0.123. The molecule has 0 spiro atoms. The van der Waals surface area contributed by atoms with Gasteiger partial charge in [-0.25, -0.2) is 0 Å². The van der Waals surface area contributed by atoms with Gasteiger partial charge in [0.25, 0.3) is 0 Å². The van der Waals surface area contributed by atoms with Gasteiger partial charge in [0.15, 0.2) is 59.2 Å². The Bertz CT molecular complexity index is 4450. The molecule has 1 aromatic heterocycles. The van der Waals surface area contributed by atoms with E-state index in [1.54, 1.807) is 0 Å². The van der Waals surface area contributed by atoms with Gasteiger partial charge in [0, 0.05) is 69.5 Å². The second kappa shape index (κ2) is 38.3. The summed E-state index contributed by atoms with van der Waals surface area (Å²) < 4.78 is 2.91. The monoisotopic (exact) mass is 1480 g/mol. The number of rotatable bonds is 14. The van der Waals surface area contributed by atoms with Crippen molar-refractivity contribution in [1.82, 2.24) is 0 Å². The van der Waals surface area contributed by atoms with Gasteiger partial charge in [-0.05, 0) is 265 Å². The van der Waals surface area contributed by atoms with Gasteiger partial charge in [-0.2, -0.15) is 0 Å². The second-order valence-electron chi connectivity index (χ2n) is 26.3. The molecule has 12 aromatic carbocycles. The van der Waals surface area contributed by atoms with Gasteiger partial charge in [0.05, 0.1) is 21.8 Å². The zero-order valence-corrected chi connectivity index (χ0v) is 65.6. The SMILES string of the molecule is Cc1cc(O)cc(C)c1[S+]1CCCCC1.Cc1cc([S+]2CCCCC2)cc(C)c1O.O=C(C[S+]1CCCCC1)c1ccccc1.c1ccc(-[s+]2c3ccccc3c3ccccc32)cc1.c1ccc([S+](c2ccccc2)c2ccc(Sc3ccc([S+](c4ccccc4)c4ccccc4)cc3)cc2)cc1. The summed E-state index contributed by atoms with van der Waals surface area (Å²) in [5.74, 6) is 9.96. The number of thiophene rings is 1. The zero-order chi connectivity index (χ0) is 71.1. The summed E-state index contributed by atoms with van der Waals surface area (Å²) in [6.07, 6.45) is 12.3. The Morgan fingerprint density at radius 3 is 1.10 bits per heavy atom. The molecule has 16 rings (SSSR count). The van der Waals surface area contributed by atoms with Crippen molar-refractivity contribution in [2.24, 2.45) is 0 Å². The molecule has 0 unspecified atom stereocenters. The number of Topliss-reactive ketones (excluding diaryl/α,β-unsaturated/α-hetero) is 1. The smallest absolute Gasteiger partial charge is 0.211 e. The maximum atomic E-state index is 11.9. The lowest BCUT2D eigenvalue weighted by atomic mass is 10.1. The number of phenolic OH excluding ortho intramolecular Hbond substituents is 2. The van der Waals surface area contributed by atoms with Crippen LogP contribution >= 0.6 is 22.2 Å². The minimum Gasteiger partial charge on any atom is -0.508 e. The molecule has 0 aliphatic carbocycles. The Kier molecular flexibility index (Phi) is 27.9. The molecule has 0 amide bonds. The molecule has 103 heavy (non-hydrogen) atoms. The third kappa shape index (κ3) is 20.4. The molecule has 3 saturated heterocycles. The molecule has 2 N–H and O–H groups in total. The lowest BCUT2D eigenvalue weighted by Gasteiger charge is -2.16. The van der Waals surface area contributed by atoms with Crippen molar-refractivity contribution in [2.75, 3.05) is 40.3 Å². The Labute approximate surface area is 634 Å². The van der Waals surface area contributed by atoms with Crippen LogP contribution in [0.25, 0.3) is 25.1 Å². The molecule has 0 saturated carbocycles. The van der Waals surface area contributed by atoms with Crippen LogP contribution in [0.5, 0.6) is 11.5 Å². The lowest BCUT2D eigenvalue weighted by molar-refractivity contribution is 0.102. The average molecular weight is 1490 g/mol. The number of hydrogen-bond donors (Lipinski definition) is 2. The third-order valence-corrected chi connectivity index (χ3v) is 34.1. The highest BCUT2D eigenvalue weighted by molar-refractivity contribution is 7.99. The predicted molar refractivity (Wildman–Crippen MR) is 453 cm³/mol. The first-order valence-corrected chi connectivity index (χ1v) is 45.6. The van der Waals surface area contributed by atoms with E-state index in [-0.39, 0.29) is 32.3 Å². The zero-order valence-electron chi connectivity index (χ0n) is 59.8. The lowest BCUT2D eigenvalue weighted by Crippen LogP contribution is -2.25. The number of aromatic hydroxyl groups is 2. The summed E-state index contributed by atoms with van der Waals surface area (Å²) >= 11 is 1.82. The van der Waals surface area contributed by atoms with Gasteiger partial charge in [-0.3, -0.25) is 4.79 Å². The standard InChI is InChI=1S/C36H28S3.C18H13S.2C13H18OS.C13H17OS/c1-5-13-31(14-6-1)38(32-15-7-2-8-16-32)35-25-21-29(22-26-35)37-30-23-27-36(28-24-30)39(33-17-9-3-10-18-33)34-19-11-4-12-20-34;1-2-8-14(9-3-1)19-17-12-6-4-10-15(17)16-11-5-7-13-18(16)19;1-10-8-12(9-11(2)13(10)14)15-6-4-3-5-7-15;1-10-8-12(14)9-11(2)13(10)15-6-4-3-5-7-15;14-13(12-7-3-1-4-8-12)11-15-9-5-2-6-10-15/h1-28H;1-13H;2*8-9H,3-7H2,1-2H3;1,3-4,7-8H,2,5-6,9-11H2/q+2;+1;;;+1/p+2. The maximum Gasteiger partial charge on any atom is 0.211 e. The number of aryl methyl sites for hydroxylation is 4. The highest BCUT2D eigenvalue weighted by Gasteiger charge is 2.33. The molecule has 4 heterocycles. The summed E-state index contributed by atoms with van der Waals surface area (Å²) in [6, 6.07) is 108. The van der Waals surface area contributed by atoms with E-state index in [1.807, 2.05) is 68.1 Å². The molecule has 3 aliphatic heterocycles. The van der Waals surface area contributed by atoms with E-state index in [1.165, 1.54) is 177 Å². The fourth-order valence-corrected chi connectivity index (χ4v) is 28.5. The Balaban J connectivity index is 0.000000131.